The normalized spacial score (nSPS) is 20.6. The maximum Gasteiger partial charge on any atom is 0.335 e. The van der Waals surface area contributed by atoms with Crippen LogP contribution in [0.2, 0.25) is 0 Å². The number of carbonyl (C=O) groups is 5. The summed E-state index contributed by atoms with van der Waals surface area (Å²) in [6, 6.07) is 26.3. The maximum atomic E-state index is 14.4. The largest absolute Gasteiger partial charge is 0.490 e. The zero-order valence-corrected chi connectivity index (χ0v) is 28.2. The van der Waals surface area contributed by atoms with Gasteiger partial charge in [0, 0.05) is 24.6 Å². The first-order valence-electron chi connectivity index (χ1n) is 16.7. The van der Waals surface area contributed by atoms with Gasteiger partial charge in [0.25, 0.3) is 5.91 Å². The molecule has 1 aromatic heterocycles. The van der Waals surface area contributed by atoms with E-state index >= 15 is 0 Å². The molecule has 0 aliphatic carbocycles. The van der Waals surface area contributed by atoms with E-state index in [2.05, 4.69) is 15.6 Å². The lowest BCUT2D eigenvalue weighted by Crippen LogP contribution is -2.60. The monoisotopic (exact) mass is 689 g/mol. The molecule has 4 N–H and O–H groups in total. The predicted octanol–water partition coefficient (Wildman–Crippen LogP) is 3.57. The van der Waals surface area contributed by atoms with Crippen LogP contribution in [0.15, 0.2) is 97.2 Å². The van der Waals surface area contributed by atoms with Crippen molar-refractivity contribution < 1.29 is 33.4 Å². The molecule has 3 atom stereocenters. The van der Waals surface area contributed by atoms with Crippen LogP contribution in [0.4, 0.5) is 11.5 Å². The summed E-state index contributed by atoms with van der Waals surface area (Å²) >= 11 is 0. The number of nitrogen functional groups attached to an aromatic ring is 1. The molecule has 0 bridgehead atoms. The van der Waals surface area contributed by atoms with E-state index in [1.54, 1.807) is 92.0 Å². The summed E-state index contributed by atoms with van der Waals surface area (Å²) in [5, 5.41) is 5.81. The van der Waals surface area contributed by atoms with E-state index in [1.807, 2.05) is 12.1 Å². The zero-order chi connectivity index (χ0) is 36.1. The van der Waals surface area contributed by atoms with Gasteiger partial charge in [0.15, 0.2) is 17.1 Å². The highest BCUT2D eigenvalue weighted by Crippen LogP contribution is 2.54. The summed E-state index contributed by atoms with van der Waals surface area (Å²) in [7, 11) is 0. The van der Waals surface area contributed by atoms with Gasteiger partial charge in [-0.2, -0.15) is 0 Å². The zero-order valence-electron chi connectivity index (χ0n) is 28.2. The van der Waals surface area contributed by atoms with Gasteiger partial charge >= 0.3 is 5.97 Å². The minimum atomic E-state index is -1.77. The lowest BCUT2D eigenvalue weighted by molar-refractivity contribution is -0.141. The number of hydrogen-bond acceptors (Lipinski definition) is 10. The number of aldehydes is 2. The van der Waals surface area contributed by atoms with Gasteiger partial charge in [-0.25, -0.2) is 9.78 Å². The molecule has 262 valence electrons. The third kappa shape index (κ3) is 6.57. The molecule has 2 unspecified atom stereocenters. The van der Waals surface area contributed by atoms with E-state index < -0.39 is 34.3 Å². The van der Waals surface area contributed by atoms with Crippen molar-refractivity contribution in [3.8, 4) is 11.5 Å². The Bertz CT molecular complexity index is 1940. The fourth-order valence-corrected chi connectivity index (χ4v) is 7.06. The topological polar surface area (TPSA) is 180 Å². The first kappa shape index (κ1) is 35.0. The number of ether oxygens (including phenoxy) is 2. The van der Waals surface area contributed by atoms with E-state index in [-0.39, 0.29) is 25.3 Å². The van der Waals surface area contributed by atoms with Crippen LogP contribution >= 0.6 is 0 Å². The van der Waals surface area contributed by atoms with Gasteiger partial charge in [-0.15, -0.1) is 0 Å². The first-order chi connectivity index (χ1) is 24.7. The number of nitrogens with one attached hydrogen (secondary N) is 2. The molecular weight excluding hydrogens is 650 g/mol. The highest BCUT2D eigenvalue weighted by atomic mass is 16.5. The van der Waals surface area contributed by atoms with Crippen LogP contribution in [0.5, 0.6) is 11.5 Å². The Kier molecular flexibility index (Phi) is 9.97. The van der Waals surface area contributed by atoms with Gasteiger partial charge < -0.3 is 35.0 Å². The van der Waals surface area contributed by atoms with Gasteiger partial charge in [-0.3, -0.25) is 14.9 Å². The molecule has 6 rings (SSSR count). The highest BCUT2D eigenvalue weighted by molar-refractivity contribution is 6.10. The van der Waals surface area contributed by atoms with Crippen molar-refractivity contribution in [2.45, 2.75) is 49.1 Å². The number of fused-ring (bicyclic) bond motifs is 1. The minimum absolute atomic E-state index is 0.142. The second-order valence-corrected chi connectivity index (χ2v) is 12.9. The number of anilines is 2. The maximum absolute atomic E-state index is 14.4. The summed E-state index contributed by atoms with van der Waals surface area (Å²) in [6.07, 6.45) is 4.58. The minimum Gasteiger partial charge on any atom is -0.490 e. The third-order valence-electron chi connectivity index (χ3n) is 9.81. The Morgan fingerprint density at radius 3 is 2.45 bits per heavy atom. The SMILES string of the molecule is CC(CN1C(=O)CNC(=O)c2cc(CCCCOc3cccnc3N)ccc21)(c1ccccc1)[C@@]1(C(=O)Oc2ccccc2)NC1(C=O)CC=O. The van der Waals surface area contributed by atoms with E-state index in [0.29, 0.717) is 54.0 Å². The Hall–Kier alpha value is -5.88. The molecule has 0 saturated carbocycles. The second kappa shape index (κ2) is 14.5. The van der Waals surface area contributed by atoms with Crippen molar-refractivity contribution in [2.24, 2.45) is 0 Å². The molecule has 3 aromatic carbocycles. The Morgan fingerprint density at radius 1 is 1.00 bits per heavy atom. The molecule has 51 heavy (non-hydrogen) atoms. The summed E-state index contributed by atoms with van der Waals surface area (Å²) in [6.45, 7) is 1.78. The van der Waals surface area contributed by atoms with Gasteiger partial charge in [0.1, 0.15) is 23.9 Å². The average Bonchev–Trinajstić information content (AvgIpc) is 3.86. The van der Waals surface area contributed by atoms with Crippen molar-refractivity contribution in [2.75, 3.05) is 30.3 Å². The van der Waals surface area contributed by atoms with Crippen LogP contribution in [0.25, 0.3) is 0 Å². The molecule has 0 spiro atoms. The lowest BCUT2D eigenvalue weighted by Gasteiger charge is -2.41. The number of para-hydroxylation sites is 1. The number of aryl methyl sites for hydroxylation is 1. The number of nitrogens with two attached hydrogens (primary N) is 1. The first-order valence-corrected chi connectivity index (χ1v) is 16.7. The molecule has 1 saturated heterocycles. The quantitative estimate of drug-likeness (QED) is 0.0549. The summed E-state index contributed by atoms with van der Waals surface area (Å²) in [4.78, 5) is 72.0. The third-order valence-corrected chi connectivity index (χ3v) is 9.81. The van der Waals surface area contributed by atoms with Crippen LogP contribution in [0.1, 0.15) is 47.7 Å². The Morgan fingerprint density at radius 2 is 1.75 bits per heavy atom. The van der Waals surface area contributed by atoms with Crippen molar-refractivity contribution in [1.82, 2.24) is 15.6 Å². The molecule has 4 aromatic rings. The Balaban J connectivity index is 1.33. The fourth-order valence-electron chi connectivity index (χ4n) is 7.06. The van der Waals surface area contributed by atoms with E-state index in [0.717, 1.165) is 18.4 Å². The van der Waals surface area contributed by atoms with Crippen molar-refractivity contribution in [3.63, 3.8) is 0 Å². The van der Waals surface area contributed by atoms with Crippen LogP contribution in [0, 0.1) is 0 Å². The number of unbranched alkanes of at least 4 members (excludes halogenated alkanes) is 1. The van der Waals surface area contributed by atoms with Gasteiger partial charge in [-0.05, 0) is 66.8 Å². The second-order valence-electron chi connectivity index (χ2n) is 12.9. The molecule has 3 heterocycles. The summed E-state index contributed by atoms with van der Waals surface area (Å²) < 4.78 is 11.6. The number of esters is 1. The highest BCUT2D eigenvalue weighted by Gasteiger charge is 2.80. The Labute approximate surface area is 295 Å². The molecule has 2 aliphatic heterocycles. The number of carbonyl (C=O) groups excluding carboxylic acids is 5. The van der Waals surface area contributed by atoms with Gasteiger partial charge in [0.05, 0.1) is 24.4 Å². The number of amides is 2. The number of pyridine rings is 1. The van der Waals surface area contributed by atoms with Crippen LogP contribution in [0.3, 0.4) is 0 Å². The average molecular weight is 690 g/mol. The number of rotatable bonds is 15. The van der Waals surface area contributed by atoms with Crippen LogP contribution < -0.4 is 30.7 Å². The summed E-state index contributed by atoms with van der Waals surface area (Å²) in [5.41, 5.74) is 3.27. The van der Waals surface area contributed by atoms with Crippen molar-refractivity contribution in [3.05, 3.63) is 114 Å². The molecule has 12 heteroatoms. The van der Waals surface area contributed by atoms with Gasteiger partial charge in [-0.1, -0.05) is 61.5 Å². The molecular formula is C39H39N5O7. The molecule has 0 radical (unpaired) electrons. The van der Waals surface area contributed by atoms with Gasteiger partial charge in [0.2, 0.25) is 5.91 Å². The summed E-state index contributed by atoms with van der Waals surface area (Å²) in [5.74, 6) is -0.499. The van der Waals surface area contributed by atoms with E-state index in [4.69, 9.17) is 15.2 Å². The molecule has 2 aliphatic rings. The van der Waals surface area contributed by atoms with E-state index in [9.17, 15) is 24.0 Å². The number of nitrogens with zero attached hydrogens (tertiary/aromatic N) is 2. The van der Waals surface area contributed by atoms with Crippen molar-refractivity contribution >= 4 is 41.9 Å². The molecule has 2 amide bonds. The number of aromatic nitrogens is 1. The number of hydrogen-bond donors (Lipinski definition) is 3. The van der Waals surface area contributed by atoms with E-state index in [1.165, 1.54) is 4.90 Å². The van der Waals surface area contributed by atoms with Crippen LogP contribution in [-0.4, -0.2) is 66.1 Å². The fraction of sp³-hybridized carbons (Fsp3) is 0.282. The molecule has 12 nitrogen and oxygen atoms in total. The lowest BCUT2D eigenvalue weighted by atomic mass is 9.65. The van der Waals surface area contributed by atoms with Crippen LogP contribution in [-0.2, 0) is 31.0 Å². The molecule has 1 fully saturated rings. The smallest absolute Gasteiger partial charge is 0.335 e. The standard InChI is InChI=1S/C39H39N5O7/c1-37(28-12-4-2-5-13-28,39(38(26-46,43-39)19-21-45)36(49)51-29-14-6-3-7-15-29)25-44-31-18-17-27(23-30(31)35(48)42-24-33(44)47)11-8-9-22-50-32-16-10-20-41-34(32)40/h2-7,10,12-18,20-21,23,26,43H,8-9,11,19,22,24-25H2,1H3,(H2,40,41)(H,42,48)/t37?,38?,39-/m1/s1. The predicted molar refractivity (Wildman–Crippen MR) is 189 cm³/mol. The van der Waals surface area contributed by atoms with Crippen molar-refractivity contribution in [1.29, 1.82) is 0 Å². The number of benzene rings is 3.